The zero-order valence-electron chi connectivity index (χ0n) is 12.3. The summed E-state index contributed by atoms with van der Waals surface area (Å²) in [5.74, 6) is 0.869. The van der Waals surface area contributed by atoms with E-state index in [2.05, 4.69) is 41.5 Å². The van der Waals surface area contributed by atoms with Gasteiger partial charge in [-0.25, -0.2) is 0 Å². The maximum absolute atomic E-state index is 4.17. The van der Waals surface area contributed by atoms with Gasteiger partial charge in [0.2, 0.25) is 0 Å². The molecule has 0 amide bonds. The van der Waals surface area contributed by atoms with Crippen LogP contribution in [-0.2, 0) is 6.54 Å². The lowest BCUT2D eigenvalue weighted by molar-refractivity contribution is 0.254. The zero-order valence-corrected chi connectivity index (χ0v) is 12.3. The van der Waals surface area contributed by atoms with E-state index in [1.165, 1.54) is 48.4 Å². The Bertz CT molecular complexity index is 564. The smallest absolute Gasteiger partial charge is 0.0346 e. The molecule has 2 nitrogen and oxygen atoms in total. The summed E-state index contributed by atoms with van der Waals surface area (Å²) in [5.41, 5.74) is 1.38. The van der Waals surface area contributed by atoms with E-state index in [0.717, 1.165) is 12.5 Å². The fourth-order valence-electron chi connectivity index (χ4n) is 3.46. The third kappa shape index (κ3) is 3.01. The van der Waals surface area contributed by atoms with Gasteiger partial charge in [-0.15, -0.1) is 0 Å². The molecule has 1 fully saturated rings. The van der Waals surface area contributed by atoms with E-state index in [9.17, 15) is 0 Å². The van der Waals surface area contributed by atoms with Gasteiger partial charge in [-0.1, -0.05) is 38.3 Å². The van der Waals surface area contributed by atoms with Crippen molar-refractivity contribution in [3.63, 3.8) is 0 Å². The lowest BCUT2D eigenvalue weighted by atomic mass is 9.83. The number of pyridine rings is 1. The average Bonchev–Trinajstić information content (AvgIpc) is 2.53. The molecule has 1 aromatic carbocycles. The van der Waals surface area contributed by atoms with Crippen molar-refractivity contribution in [2.75, 3.05) is 0 Å². The molecule has 1 aliphatic rings. The highest BCUT2D eigenvalue weighted by molar-refractivity contribution is 5.81. The Balaban J connectivity index is 1.67. The van der Waals surface area contributed by atoms with E-state index in [1.807, 2.05) is 12.4 Å². The van der Waals surface area contributed by atoms with Gasteiger partial charge in [0.05, 0.1) is 0 Å². The number of rotatable bonds is 4. The maximum atomic E-state index is 4.17. The third-order valence-electron chi connectivity index (χ3n) is 4.71. The molecule has 20 heavy (non-hydrogen) atoms. The van der Waals surface area contributed by atoms with E-state index < -0.39 is 0 Å². The largest absolute Gasteiger partial charge is 0.310 e. The van der Waals surface area contributed by atoms with Gasteiger partial charge in [0.15, 0.2) is 0 Å². The van der Waals surface area contributed by atoms with Gasteiger partial charge in [-0.05, 0) is 41.8 Å². The van der Waals surface area contributed by atoms with Crippen molar-refractivity contribution >= 4 is 10.8 Å². The molecule has 2 atom stereocenters. The Morgan fingerprint density at radius 1 is 1.15 bits per heavy atom. The molecule has 1 aromatic heterocycles. The minimum Gasteiger partial charge on any atom is -0.310 e. The van der Waals surface area contributed by atoms with Crippen LogP contribution in [0, 0.1) is 5.92 Å². The lowest BCUT2D eigenvalue weighted by Gasteiger charge is -2.31. The molecule has 0 spiro atoms. The molecule has 0 saturated heterocycles. The number of fused-ring (bicyclic) bond motifs is 1. The second-order valence-electron chi connectivity index (χ2n) is 6.00. The van der Waals surface area contributed by atoms with Crippen LogP contribution in [0.5, 0.6) is 0 Å². The molecule has 2 aromatic rings. The SMILES string of the molecule is CCC1CCCCC1NCc1ccc2cnccc2c1. The van der Waals surface area contributed by atoms with Crippen LogP contribution in [0.4, 0.5) is 0 Å². The number of nitrogens with zero attached hydrogens (tertiary/aromatic N) is 1. The summed E-state index contributed by atoms with van der Waals surface area (Å²) in [6.45, 7) is 3.31. The summed E-state index contributed by atoms with van der Waals surface area (Å²) in [5, 5.41) is 6.30. The van der Waals surface area contributed by atoms with Gasteiger partial charge >= 0.3 is 0 Å². The van der Waals surface area contributed by atoms with E-state index in [-0.39, 0.29) is 0 Å². The van der Waals surface area contributed by atoms with Crippen LogP contribution >= 0.6 is 0 Å². The van der Waals surface area contributed by atoms with E-state index in [1.54, 1.807) is 0 Å². The minimum atomic E-state index is 0.710. The minimum absolute atomic E-state index is 0.710. The molecule has 1 heterocycles. The van der Waals surface area contributed by atoms with E-state index in [4.69, 9.17) is 0 Å². The highest BCUT2D eigenvalue weighted by atomic mass is 14.9. The van der Waals surface area contributed by atoms with Crippen molar-refractivity contribution < 1.29 is 0 Å². The first-order valence-corrected chi connectivity index (χ1v) is 7.93. The van der Waals surface area contributed by atoms with E-state index in [0.29, 0.717) is 6.04 Å². The van der Waals surface area contributed by atoms with Gasteiger partial charge in [0.1, 0.15) is 0 Å². The predicted molar refractivity (Wildman–Crippen MR) is 84.6 cm³/mol. The number of benzene rings is 1. The monoisotopic (exact) mass is 268 g/mol. The van der Waals surface area contributed by atoms with Crippen LogP contribution in [0.1, 0.15) is 44.6 Å². The van der Waals surface area contributed by atoms with Crippen molar-refractivity contribution in [2.45, 2.75) is 51.6 Å². The molecule has 106 valence electrons. The van der Waals surface area contributed by atoms with Crippen LogP contribution < -0.4 is 5.32 Å². The Morgan fingerprint density at radius 3 is 2.95 bits per heavy atom. The summed E-state index contributed by atoms with van der Waals surface area (Å²) in [4.78, 5) is 4.17. The first-order chi connectivity index (χ1) is 9.86. The van der Waals surface area contributed by atoms with Crippen molar-refractivity contribution in [1.29, 1.82) is 0 Å². The van der Waals surface area contributed by atoms with Crippen LogP contribution in [-0.4, -0.2) is 11.0 Å². The van der Waals surface area contributed by atoms with Gasteiger partial charge in [-0.3, -0.25) is 4.98 Å². The van der Waals surface area contributed by atoms with Crippen LogP contribution in [0.3, 0.4) is 0 Å². The Hall–Kier alpha value is -1.41. The van der Waals surface area contributed by atoms with Crippen LogP contribution in [0.25, 0.3) is 10.8 Å². The molecule has 1 N–H and O–H groups in total. The molecule has 1 aliphatic carbocycles. The first-order valence-electron chi connectivity index (χ1n) is 7.93. The molecular weight excluding hydrogens is 244 g/mol. The summed E-state index contributed by atoms with van der Waals surface area (Å²) in [7, 11) is 0. The zero-order chi connectivity index (χ0) is 13.8. The fraction of sp³-hybridized carbons (Fsp3) is 0.500. The summed E-state index contributed by atoms with van der Waals surface area (Å²) in [6, 6.07) is 9.49. The maximum Gasteiger partial charge on any atom is 0.0346 e. The van der Waals surface area contributed by atoms with Crippen molar-refractivity contribution in [2.24, 2.45) is 5.92 Å². The molecule has 0 radical (unpaired) electrons. The number of aromatic nitrogens is 1. The average molecular weight is 268 g/mol. The summed E-state index contributed by atoms with van der Waals surface area (Å²) in [6.07, 6.45) is 10.7. The summed E-state index contributed by atoms with van der Waals surface area (Å²) >= 11 is 0. The number of hydrogen-bond donors (Lipinski definition) is 1. The molecule has 0 bridgehead atoms. The second kappa shape index (κ2) is 6.36. The van der Waals surface area contributed by atoms with Crippen molar-refractivity contribution in [3.8, 4) is 0 Å². The molecule has 0 aliphatic heterocycles. The first kappa shape index (κ1) is 13.6. The van der Waals surface area contributed by atoms with Gasteiger partial charge in [0.25, 0.3) is 0 Å². The summed E-state index contributed by atoms with van der Waals surface area (Å²) < 4.78 is 0. The highest BCUT2D eigenvalue weighted by Crippen LogP contribution is 2.27. The Kier molecular flexibility index (Phi) is 4.31. The number of nitrogens with one attached hydrogen (secondary N) is 1. The second-order valence-corrected chi connectivity index (χ2v) is 6.00. The van der Waals surface area contributed by atoms with Crippen molar-refractivity contribution in [3.05, 3.63) is 42.2 Å². The molecule has 2 heteroatoms. The molecule has 1 saturated carbocycles. The number of hydrogen-bond acceptors (Lipinski definition) is 2. The predicted octanol–water partition coefficient (Wildman–Crippen LogP) is 4.29. The Morgan fingerprint density at radius 2 is 2.05 bits per heavy atom. The lowest BCUT2D eigenvalue weighted by Crippen LogP contribution is -2.37. The van der Waals surface area contributed by atoms with Gasteiger partial charge in [0, 0.05) is 30.4 Å². The molecule has 3 rings (SSSR count). The standard InChI is InChI=1S/C18H24N2/c1-2-15-5-3-4-6-18(15)20-12-14-7-8-17-13-19-10-9-16(17)11-14/h7-11,13,15,18,20H,2-6,12H2,1H3. The fourth-order valence-corrected chi connectivity index (χ4v) is 3.46. The van der Waals surface area contributed by atoms with Gasteiger partial charge < -0.3 is 5.32 Å². The quantitative estimate of drug-likeness (QED) is 0.894. The van der Waals surface area contributed by atoms with Crippen LogP contribution in [0.15, 0.2) is 36.7 Å². The highest BCUT2D eigenvalue weighted by Gasteiger charge is 2.22. The van der Waals surface area contributed by atoms with Crippen LogP contribution in [0.2, 0.25) is 0 Å². The van der Waals surface area contributed by atoms with Gasteiger partial charge in [-0.2, -0.15) is 0 Å². The topological polar surface area (TPSA) is 24.9 Å². The third-order valence-corrected chi connectivity index (χ3v) is 4.71. The normalized spacial score (nSPS) is 23.1. The Labute approximate surface area is 121 Å². The molecular formula is C18H24N2. The van der Waals surface area contributed by atoms with Crippen molar-refractivity contribution in [1.82, 2.24) is 10.3 Å². The molecule has 2 unspecified atom stereocenters. The van der Waals surface area contributed by atoms with E-state index >= 15 is 0 Å².